The average molecular weight is 335 g/mol. The SMILES string of the molecule is CCc1ccc(C(=O)c2cc(Br)ccc2F)cc1CC. The first kappa shape index (κ1) is 14.9. The summed E-state index contributed by atoms with van der Waals surface area (Å²) in [6, 6.07) is 10.0. The lowest BCUT2D eigenvalue weighted by Gasteiger charge is -2.09. The van der Waals surface area contributed by atoms with Crippen molar-refractivity contribution < 1.29 is 9.18 Å². The van der Waals surface area contributed by atoms with E-state index < -0.39 is 5.82 Å². The van der Waals surface area contributed by atoms with E-state index in [1.165, 1.54) is 17.7 Å². The van der Waals surface area contributed by atoms with E-state index in [4.69, 9.17) is 0 Å². The van der Waals surface area contributed by atoms with Crippen LogP contribution in [-0.4, -0.2) is 5.78 Å². The Bertz CT molecular complexity index is 649. The van der Waals surface area contributed by atoms with E-state index in [0.29, 0.717) is 10.0 Å². The third-order valence-electron chi connectivity index (χ3n) is 3.40. The molecule has 0 aliphatic carbocycles. The van der Waals surface area contributed by atoms with Crippen molar-refractivity contribution in [1.82, 2.24) is 0 Å². The first-order valence-electron chi connectivity index (χ1n) is 6.68. The van der Waals surface area contributed by atoms with Crippen molar-refractivity contribution >= 4 is 21.7 Å². The Labute approximate surface area is 127 Å². The van der Waals surface area contributed by atoms with Gasteiger partial charge in [-0.3, -0.25) is 4.79 Å². The van der Waals surface area contributed by atoms with E-state index in [-0.39, 0.29) is 11.3 Å². The molecule has 0 unspecified atom stereocenters. The highest BCUT2D eigenvalue weighted by molar-refractivity contribution is 9.10. The third-order valence-corrected chi connectivity index (χ3v) is 3.90. The van der Waals surface area contributed by atoms with Gasteiger partial charge in [-0.25, -0.2) is 4.39 Å². The predicted octanol–water partition coefficient (Wildman–Crippen LogP) is 4.94. The second kappa shape index (κ2) is 6.31. The first-order chi connectivity index (χ1) is 9.56. The molecule has 0 bridgehead atoms. The molecule has 0 amide bonds. The topological polar surface area (TPSA) is 17.1 Å². The van der Waals surface area contributed by atoms with Gasteiger partial charge in [0.25, 0.3) is 0 Å². The highest BCUT2D eigenvalue weighted by atomic mass is 79.9. The number of hydrogen-bond donors (Lipinski definition) is 0. The van der Waals surface area contributed by atoms with Crippen molar-refractivity contribution in [3.05, 3.63) is 68.9 Å². The molecule has 0 radical (unpaired) electrons. The van der Waals surface area contributed by atoms with Crippen molar-refractivity contribution in [2.24, 2.45) is 0 Å². The van der Waals surface area contributed by atoms with Crippen molar-refractivity contribution in [2.75, 3.05) is 0 Å². The lowest BCUT2D eigenvalue weighted by molar-refractivity contribution is 0.103. The van der Waals surface area contributed by atoms with Gasteiger partial charge in [-0.05, 0) is 48.2 Å². The maximum atomic E-state index is 13.8. The Balaban J connectivity index is 2.45. The molecule has 0 atom stereocenters. The summed E-state index contributed by atoms with van der Waals surface area (Å²) in [4.78, 5) is 12.4. The van der Waals surface area contributed by atoms with E-state index in [9.17, 15) is 9.18 Å². The Morgan fingerprint density at radius 2 is 1.75 bits per heavy atom. The molecule has 0 fully saturated rings. The lowest BCUT2D eigenvalue weighted by atomic mass is 9.96. The van der Waals surface area contributed by atoms with Gasteiger partial charge in [-0.2, -0.15) is 0 Å². The molecule has 1 nitrogen and oxygen atoms in total. The normalized spacial score (nSPS) is 10.6. The van der Waals surface area contributed by atoms with E-state index in [1.807, 2.05) is 12.1 Å². The molecule has 2 rings (SSSR count). The van der Waals surface area contributed by atoms with Gasteiger partial charge in [-0.15, -0.1) is 0 Å². The van der Waals surface area contributed by atoms with E-state index in [1.54, 1.807) is 12.1 Å². The molecule has 20 heavy (non-hydrogen) atoms. The zero-order chi connectivity index (χ0) is 14.7. The average Bonchev–Trinajstić information content (AvgIpc) is 2.48. The summed E-state index contributed by atoms with van der Waals surface area (Å²) in [6.07, 6.45) is 1.80. The highest BCUT2D eigenvalue weighted by Crippen LogP contribution is 2.21. The number of carbonyl (C=O) groups excluding carboxylic acids is 1. The van der Waals surface area contributed by atoms with E-state index >= 15 is 0 Å². The second-order valence-corrected chi connectivity index (χ2v) is 5.56. The van der Waals surface area contributed by atoms with Crippen LogP contribution in [0.15, 0.2) is 40.9 Å². The van der Waals surface area contributed by atoms with Crippen molar-refractivity contribution in [3.8, 4) is 0 Å². The van der Waals surface area contributed by atoms with Gasteiger partial charge in [0.15, 0.2) is 5.78 Å². The largest absolute Gasteiger partial charge is 0.288 e. The minimum Gasteiger partial charge on any atom is -0.288 e. The van der Waals surface area contributed by atoms with Gasteiger partial charge in [0, 0.05) is 10.0 Å². The van der Waals surface area contributed by atoms with Crippen LogP contribution in [0.25, 0.3) is 0 Å². The molecule has 0 saturated heterocycles. The van der Waals surface area contributed by atoms with Crippen LogP contribution in [-0.2, 0) is 12.8 Å². The zero-order valence-corrected chi connectivity index (χ0v) is 13.1. The summed E-state index contributed by atoms with van der Waals surface area (Å²) in [5.41, 5.74) is 3.02. The third kappa shape index (κ3) is 2.98. The summed E-state index contributed by atoms with van der Waals surface area (Å²) in [6.45, 7) is 4.15. The number of carbonyl (C=O) groups is 1. The highest BCUT2D eigenvalue weighted by Gasteiger charge is 2.15. The summed E-state index contributed by atoms with van der Waals surface area (Å²) < 4.78 is 14.5. The van der Waals surface area contributed by atoms with Gasteiger partial charge in [0.05, 0.1) is 5.56 Å². The number of aryl methyl sites for hydroxylation is 2. The number of rotatable bonds is 4. The molecule has 0 aliphatic heterocycles. The van der Waals surface area contributed by atoms with Crippen LogP contribution in [0.3, 0.4) is 0 Å². The van der Waals surface area contributed by atoms with Crippen molar-refractivity contribution in [2.45, 2.75) is 26.7 Å². The number of benzene rings is 2. The van der Waals surface area contributed by atoms with Gasteiger partial charge < -0.3 is 0 Å². The molecule has 0 heterocycles. The van der Waals surface area contributed by atoms with Crippen LogP contribution >= 0.6 is 15.9 Å². The van der Waals surface area contributed by atoms with Gasteiger partial charge in [0.2, 0.25) is 0 Å². The Hall–Kier alpha value is -1.48. The van der Waals surface area contributed by atoms with E-state index in [0.717, 1.165) is 18.4 Å². The smallest absolute Gasteiger partial charge is 0.196 e. The molecule has 0 aromatic heterocycles. The molecule has 2 aromatic carbocycles. The van der Waals surface area contributed by atoms with Gasteiger partial charge in [-0.1, -0.05) is 41.9 Å². The number of halogens is 2. The van der Waals surface area contributed by atoms with Crippen LogP contribution < -0.4 is 0 Å². The summed E-state index contributed by atoms with van der Waals surface area (Å²) in [5.74, 6) is -0.767. The minimum atomic E-state index is -0.490. The summed E-state index contributed by atoms with van der Waals surface area (Å²) >= 11 is 3.27. The zero-order valence-electron chi connectivity index (χ0n) is 11.5. The Morgan fingerprint density at radius 3 is 2.40 bits per heavy atom. The minimum absolute atomic E-state index is 0.102. The maximum absolute atomic E-state index is 13.8. The molecule has 0 aliphatic rings. The monoisotopic (exact) mass is 334 g/mol. The fourth-order valence-electron chi connectivity index (χ4n) is 2.27. The summed E-state index contributed by atoms with van der Waals surface area (Å²) in [7, 11) is 0. The van der Waals surface area contributed by atoms with Crippen LogP contribution in [0.5, 0.6) is 0 Å². The molecule has 0 spiro atoms. The molecule has 3 heteroatoms. The first-order valence-corrected chi connectivity index (χ1v) is 7.47. The molecule has 104 valence electrons. The number of ketones is 1. The van der Waals surface area contributed by atoms with Gasteiger partial charge in [0.1, 0.15) is 5.82 Å². The van der Waals surface area contributed by atoms with Crippen LogP contribution in [0.4, 0.5) is 4.39 Å². The Morgan fingerprint density at radius 1 is 1.05 bits per heavy atom. The number of hydrogen-bond acceptors (Lipinski definition) is 1. The Kier molecular flexibility index (Phi) is 4.71. The summed E-state index contributed by atoms with van der Waals surface area (Å²) in [5, 5.41) is 0. The standard InChI is InChI=1S/C17H16BrFO/c1-3-11-5-6-13(9-12(11)4-2)17(20)15-10-14(18)7-8-16(15)19/h5-10H,3-4H2,1-2H3. The molecule has 0 N–H and O–H groups in total. The molecular formula is C17H16BrFO. The molecule has 0 saturated carbocycles. The predicted molar refractivity (Wildman–Crippen MR) is 82.7 cm³/mol. The van der Waals surface area contributed by atoms with Gasteiger partial charge >= 0.3 is 0 Å². The lowest BCUT2D eigenvalue weighted by Crippen LogP contribution is -2.06. The maximum Gasteiger partial charge on any atom is 0.196 e. The van der Waals surface area contributed by atoms with Crippen molar-refractivity contribution in [3.63, 3.8) is 0 Å². The fourth-order valence-corrected chi connectivity index (χ4v) is 2.63. The van der Waals surface area contributed by atoms with Crippen molar-refractivity contribution in [1.29, 1.82) is 0 Å². The molecule has 2 aromatic rings. The molecular weight excluding hydrogens is 319 g/mol. The fraction of sp³-hybridized carbons (Fsp3) is 0.235. The van der Waals surface area contributed by atoms with Crippen LogP contribution in [0.2, 0.25) is 0 Å². The quantitative estimate of drug-likeness (QED) is 0.723. The van der Waals surface area contributed by atoms with Crippen LogP contribution in [0.1, 0.15) is 40.9 Å². The van der Waals surface area contributed by atoms with E-state index in [2.05, 4.69) is 29.8 Å². The van der Waals surface area contributed by atoms with Crippen LogP contribution in [0, 0.1) is 5.82 Å². The second-order valence-electron chi connectivity index (χ2n) is 4.64.